The maximum Gasteiger partial charge on any atom is 0.341 e. The molecule has 0 unspecified atom stereocenters. The third kappa shape index (κ3) is 9.01. The molecule has 0 saturated carbocycles. The van der Waals surface area contributed by atoms with Gasteiger partial charge in [-0.1, -0.05) is 127 Å². The smallest absolute Gasteiger partial charge is 0.341 e. The molecule has 300 valence electrons. The molecule has 0 amide bonds. The van der Waals surface area contributed by atoms with Crippen LogP contribution < -0.4 is 0 Å². The number of aromatic nitrogens is 2. The Morgan fingerprint density at radius 3 is 1.38 bits per heavy atom. The quantitative estimate of drug-likeness (QED) is 0.0842. The van der Waals surface area contributed by atoms with Gasteiger partial charge in [-0.25, -0.2) is 19.2 Å². The third-order valence-electron chi connectivity index (χ3n) is 10.3. The first-order valence-electron chi connectivity index (χ1n) is 19.6. The number of fused-ring (bicyclic) bond motifs is 3. The molecule has 0 spiro atoms. The van der Waals surface area contributed by atoms with Crippen molar-refractivity contribution in [1.82, 2.24) is 14.9 Å². The molecule has 11 heteroatoms. The van der Waals surface area contributed by atoms with Crippen LogP contribution in [0.3, 0.4) is 0 Å². The number of aromatic amines is 1. The topological polar surface area (TPSA) is 137 Å². The van der Waals surface area contributed by atoms with E-state index in [0.29, 0.717) is 53.9 Å². The largest absolute Gasteiger partial charge is 0.457 e. The predicted molar refractivity (Wildman–Crippen MR) is 223 cm³/mol. The van der Waals surface area contributed by atoms with Gasteiger partial charge >= 0.3 is 23.9 Å². The van der Waals surface area contributed by atoms with Crippen LogP contribution in [0.1, 0.15) is 80.5 Å². The Bertz CT molecular complexity index is 2620. The van der Waals surface area contributed by atoms with Crippen LogP contribution in [0, 0.1) is 0 Å². The fourth-order valence-electron chi connectivity index (χ4n) is 7.40. The van der Waals surface area contributed by atoms with Gasteiger partial charge in [0.2, 0.25) is 0 Å². The van der Waals surface area contributed by atoms with Gasteiger partial charge in [-0.3, -0.25) is 9.88 Å². The molecule has 11 nitrogen and oxygen atoms in total. The fourth-order valence-corrected chi connectivity index (χ4v) is 7.40. The second-order valence-corrected chi connectivity index (χ2v) is 14.4. The minimum Gasteiger partial charge on any atom is -0.457 e. The standard InChI is InChI=1S/C49H41N3O8/c53-46(57-29-33-14-5-1-6-15-33)41-40-38-28-52(27-37-22-13-24-50-26-37)25-23-39(38)51-45(40)44(49(56)60-32-36-20-11-4-12-21-36)43(48(55)59-31-35-18-9-3-10-19-35)42(41)47(54)58-30-34-16-7-2-8-17-34/h1-22,24,26,51H,23,25,27-32H2. The van der Waals surface area contributed by atoms with Crippen molar-refractivity contribution < 1.29 is 38.1 Å². The van der Waals surface area contributed by atoms with E-state index in [0.717, 1.165) is 11.3 Å². The van der Waals surface area contributed by atoms with Crippen LogP contribution in [-0.2, 0) is 64.9 Å². The maximum atomic E-state index is 14.8. The lowest BCUT2D eigenvalue weighted by Gasteiger charge is -2.27. The first kappa shape index (κ1) is 39.5. The summed E-state index contributed by atoms with van der Waals surface area (Å²) in [6.45, 7) is 0.878. The normalized spacial score (nSPS) is 12.3. The van der Waals surface area contributed by atoms with Crippen molar-refractivity contribution >= 4 is 34.8 Å². The maximum absolute atomic E-state index is 14.8. The lowest BCUT2D eigenvalue weighted by atomic mass is 9.89. The van der Waals surface area contributed by atoms with Gasteiger partial charge in [0.05, 0.1) is 27.8 Å². The average molecular weight is 800 g/mol. The van der Waals surface area contributed by atoms with Gasteiger partial charge in [0.1, 0.15) is 26.4 Å². The SMILES string of the molecule is O=C(OCc1ccccc1)c1c(C(=O)OCc2ccccc2)c(C(=O)OCc2ccccc2)c2c3c([nH]c2c1C(=O)OCc1ccccc1)CCN(Cc1cccnc1)C3. The monoisotopic (exact) mass is 799 g/mol. The van der Waals surface area contributed by atoms with Gasteiger partial charge in [-0.05, 0) is 39.4 Å². The number of ether oxygens (including phenoxy) is 4. The summed E-state index contributed by atoms with van der Waals surface area (Å²) >= 11 is 0. The van der Waals surface area contributed by atoms with E-state index in [1.807, 2.05) is 72.8 Å². The van der Waals surface area contributed by atoms with Gasteiger partial charge in [0, 0.05) is 49.5 Å². The van der Waals surface area contributed by atoms with Crippen molar-refractivity contribution in [3.8, 4) is 0 Å². The highest BCUT2D eigenvalue weighted by Crippen LogP contribution is 2.39. The van der Waals surface area contributed by atoms with E-state index < -0.39 is 35.0 Å². The number of nitrogens with one attached hydrogen (secondary N) is 1. The van der Waals surface area contributed by atoms with Gasteiger partial charge < -0.3 is 23.9 Å². The van der Waals surface area contributed by atoms with Crippen LogP contribution in [0.5, 0.6) is 0 Å². The van der Waals surface area contributed by atoms with Crippen LogP contribution >= 0.6 is 0 Å². The highest BCUT2D eigenvalue weighted by atomic mass is 16.5. The van der Waals surface area contributed by atoms with Gasteiger partial charge in [0.15, 0.2) is 0 Å². The second-order valence-electron chi connectivity index (χ2n) is 14.4. The van der Waals surface area contributed by atoms with Crippen LogP contribution in [0.15, 0.2) is 146 Å². The van der Waals surface area contributed by atoms with Crippen LogP contribution in [0.4, 0.5) is 0 Å². The van der Waals surface area contributed by atoms with E-state index in [1.54, 1.807) is 73.1 Å². The van der Waals surface area contributed by atoms with E-state index in [-0.39, 0.29) is 48.5 Å². The Morgan fingerprint density at radius 1 is 0.517 bits per heavy atom. The van der Waals surface area contributed by atoms with Crippen molar-refractivity contribution in [2.45, 2.75) is 45.9 Å². The van der Waals surface area contributed by atoms with Crippen molar-refractivity contribution in [2.24, 2.45) is 0 Å². The molecule has 3 heterocycles. The molecular weight excluding hydrogens is 759 g/mol. The first-order chi connectivity index (χ1) is 29.4. The molecule has 1 aliphatic rings. The molecule has 0 radical (unpaired) electrons. The molecule has 0 fully saturated rings. The summed E-state index contributed by atoms with van der Waals surface area (Å²) in [5, 5.41) is 0.261. The van der Waals surface area contributed by atoms with E-state index >= 15 is 0 Å². The average Bonchev–Trinajstić information content (AvgIpc) is 3.67. The number of hydrogen-bond acceptors (Lipinski definition) is 10. The zero-order chi connectivity index (χ0) is 41.3. The summed E-state index contributed by atoms with van der Waals surface area (Å²) in [5.41, 5.74) is 3.91. The lowest BCUT2D eigenvalue weighted by molar-refractivity contribution is 0.0392. The summed E-state index contributed by atoms with van der Waals surface area (Å²) in [6.07, 6.45) is 4.01. The number of benzene rings is 5. The predicted octanol–water partition coefficient (Wildman–Crippen LogP) is 8.55. The molecule has 1 N–H and O–H groups in total. The Balaban J connectivity index is 1.33. The van der Waals surface area contributed by atoms with Gasteiger partial charge in [-0.2, -0.15) is 0 Å². The zero-order valence-electron chi connectivity index (χ0n) is 32.7. The Labute approximate surface area is 346 Å². The number of nitrogens with zero attached hydrogens (tertiary/aromatic N) is 2. The van der Waals surface area contributed by atoms with Crippen molar-refractivity contribution in [3.05, 3.63) is 207 Å². The fraction of sp³-hybridized carbons (Fsp3) is 0.163. The molecule has 2 aromatic heterocycles. The van der Waals surface area contributed by atoms with Crippen LogP contribution in [0.2, 0.25) is 0 Å². The highest BCUT2D eigenvalue weighted by molar-refractivity contribution is 6.24. The minimum absolute atomic E-state index is 0.131. The molecule has 8 rings (SSSR count). The van der Waals surface area contributed by atoms with E-state index in [2.05, 4.69) is 14.9 Å². The summed E-state index contributed by atoms with van der Waals surface area (Å²) in [6, 6.07) is 40.1. The molecule has 60 heavy (non-hydrogen) atoms. The van der Waals surface area contributed by atoms with Crippen LogP contribution in [-0.4, -0.2) is 45.3 Å². The summed E-state index contributed by atoms with van der Waals surface area (Å²) in [4.78, 5) is 68.8. The number of esters is 4. The molecule has 0 aliphatic carbocycles. The number of rotatable bonds is 14. The number of pyridine rings is 1. The third-order valence-corrected chi connectivity index (χ3v) is 10.3. The van der Waals surface area contributed by atoms with Gasteiger partial charge in [-0.15, -0.1) is 0 Å². The molecule has 0 saturated heterocycles. The molecule has 7 aromatic rings. The Morgan fingerprint density at radius 2 is 0.933 bits per heavy atom. The minimum atomic E-state index is -1.03. The molecular formula is C49H41N3O8. The van der Waals surface area contributed by atoms with Crippen molar-refractivity contribution in [2.75, 3.05) is 6.54 Å². The Hall–Kier alpha value is -7.37. The summed E-state index contributed by atoms with van der Waals surface area (Å²) in [5.74, 6) is -3.83. The van der Waals surface area contributed by atoms with Crippen molar-refractivity contribution in [1.29, 1.82) is 0 Å². The number of hydrogen-bond donors (Lipinski definition) is 1. The number of carbonyl (C=O) groups excluding carboxylic acids is 4. The van der Waals surface area contributed by atoms with E-state index in [1.165, 1.54) is 0 Å². The van der Waals surface area contributed by atoms with E-state index in [9.17, 15) is 19.2 Å². The van der Waals surface area contributed by atoms with Gasteiger partial charge in [0.25, 0.3) is 0 Å². The first-order valence-corrected chi connectivity index (χ1v) is 19.6. The summed E-state index contributed by atoms with van der Waals surface area (Å²) in [7, 11) is 0. The van der Waals surface area contributed by atoms with Crippen LogP contribution in [0.25, 0.3) is 10.9 Å². The second kappa shape index (κ2) is 18.5. The zero-order valence-corrected chi connectivity index (χ0v) is 32.7. The number of carbonyl (C=O) groups is 4. The lowest BCUT2D eigenvalue weighted by Crippen LogP contribution is -2.30. The van der Waals surface area contributed by atoms with Crippen molar-refractivity contribution in [3.63, 3.8) is 0 Å². The summed E-state index contributed by atoms with van der Waals surface area (Å²) < 4.78 is 23.7. The molecule has 5 aromatic carbocycles. The molecule has 0 bridgehead atoms. The molecule has 0 atom stereocenters. The number of H-pyrrole nitrogens is 1. The van der Waals surface area contributed by atoms with E-state index in [4.69, 9.17) is 18.9 Å². The highest BCUT2D eigenvalue weighted by Gasteiger charge is 2.39. The molecule has 1 aliphatic heterocycles. The Kier molecular flexibility index (Phi) is 12.2.